The average Bonchev–Trinajstić information content (AvgIpc) is 3.52. The molecule has 0 unspecified atom stereocenters. The van der Waals surface area contributed by atoms with Gasteiger partial charge in [0.25, 0.3) is 15.9 Å². The van der Waals surface area contributed by atoms with Crippen molar-refractivity contribution in [2.24, 2.45) is 10.2 Å². The van der Waals surface area contributed by atoms with Gasteiger partial charge in [-0.15, -0.1) is 21.6 Å². The number of azo groups is 1. The first-order chi connectivity index (χ1) is 17.4. The molecule has 0 radical (unpaired) electrons. The minimum atomic E-state index is -3.68. The van der Waals surface area contributed by atoms with Crippen molar-refractivity contribution in [3.63, 3.8) is 0 Å². The molecule has 3 aromatic carbocycles. The lowest BCUT2D eigenvalue weighted by Gasteiger charge is -2.07. The molecule has 2 N–H and O–H groups in total. The summed E-state index contributed by atoms with van der Waals surface area (Å²) in [5, 5.41) is 21.2. The summed E-state index contributed by atoms with van der Waals surface area (Å²) in [7, 11) is -3.68. The van der Waals surface area contributed by atoms with Crippen molar-refractivity contribution >= 4 is 49.5 Å². The van der Waals surface area contributed by atoms with E-state index in [1.807, 2.05) is 54.6 Å². The molecule has 0 aliphatic rings. The fourth-order valence-corrected chi connectivity index (χ4v) is 5.80. The van der Waals surface area contributed by atoms with E-state index in [2.05, 4.69) is 15.0 Å². The minimum absolute atomic E-state index is 0.0880. The number of hydrogen-bond acceptors (Lipinski definition) is 6. The van der Waals surface area contributed by atoms with Gasteiger partial charge in [0.1, 0.15) is 4.21 Å². The number of sulfonamides is 1. The van der Waals surface area contributed by atoms with Crippen LogP contribution >= 0.6 is 11.3 Å². The number of amides is 1. The third kappa shape index (κ3) is 4.77. The SMILES string of the molecule is O=C(N=Nc1c(O)n(Cc2ccccc2)c2ccccc12)c1ccc(NS(=O)(=O)c2cccs2)cc1. The number of carbonyl (C=O) groups excluding carboxylic acids is 1. The number of fused-ring (bicyclic) bond motifs is 1. The van der Waals surface area contributed by atoms with Crippen LogP contribution in [0, 0.1) is 0 Å². The zero-order valence-corrected chi connectivity index (χ0v) is 20.4. The fraction of sp³-hybridized carbons (Fsp3) is 0.0385. The summed E-state index contributed by atoms with van der Waals surface area (Å²) in [6.07, 6.45) is 0. The molecule has 36 heavy (non-hydrogen) atoms. The molecule has 1 amide bonds. The summed E-state index contributed by atoms with van der Waals surface area (Å²) >= 11 is 1.11. The van der Waals surface area contributed by atoms with Crippen molar-refractivity contribution in [3.8, 4) is 5.88 Å². The van der Waals surface area contributed by atoms with E-state index in [4.69, 9.17) is 0 Å². The van der Waals surface area contributed by atoms with Gasteiger partial charge in [-0.25, -0.2) is 8.42 Å². The Morgan fingerprint density at radius 3 is 2.36 bits per heavy atom. The quantitative estimate of drug-likeness (QED) is 0.251. The maximum absolute atomic E-state index is 12.7. The zero-order valence-electron chi connectivity index (χ0n) is 18.8. The molecule has 0 fully saturated rings. The second-order valence-electron chi connectivity index (χ2n) is 7.88. The second kappa shape index (κ2) is 9.76. The maximum atomic E-state index is 12.7. The molecule has 2 heterocycles. The van der Waals surface area contributed by atoms with Gasteiger partial charge in [-0.2, -0.15) is 0 Å². The van der Waals surface area contributed by atoms with Crippen molar-refractivity contribution in [2.75, 3.05) is 4.72 Å². The van der Waals surface area contributed by atoms with Crippen LogP contribution in [0.1, 0.15) is 15.9 Å². The smallest absolute Gasteiger partial charge is 0.295 e. The van der Waals surface area contributed by atoms with Crippen LogP contribution in [-0.2, 0) is 16.6 Å². The van der Waals surface area contributed by atoms with E-state index in [9.17, 15) is 18.3 Å². The zero-order chi connectivity index (χ0) is 25.1. The fourth-order valence-electron chi connectivity index (χ4n) is 3.75. The van der Waals surface area contributed by atoms with E-state index >= 15 is 0 Å². The van der Waals surface area contributed by atoms with Gasteiger partial charge in [0, 0.05) is 16.6 Å². The molecule has 180 valence electrons. The summed E-state index contributed by atoms with van der Waals surface area (Å²) in [4.78, 5) is 12.7. The maximum Gasteiger partial charge on any atom is 0.295 e. The van der Waals surface area contributed by atoms with Gasteiger partial charge in [-0.3, -0.25) is 9.52 Å². The highest BCUT2D eigenvalue weighted by Crippen LogP contribution is 2.39. The molecular formula is C26H20N4O4S2. The van der Waals surface area contributed by atoms with Gasteiger partial charge in [0.2, 0.25) is 5.88 Å². The van der Waals surface area contributed by atoms with Crippen LogP contribution in [0.15, 0.2) is 111 Å². The van der Waals surface area contributed by atoms with Crippen molar-refractivity contribution in [1.82, 2.24) is 4.57 Å². The number of hydrogen-bond donors (Lipinski definition) is 2. The Morgan fingerprint density at radius 1 is 0.917 bits per heavy atom. The van der Waals surface area contributed by atoms with Gasteiger partial charge >= 0.3 is 0 Å². The predicted molar refractivity (Wildman–Crippen MR) is 140 cm³/mol. The van der Waals surface area contributed by atoms with E-state index in [1.165, 1.54) is 30.3 Å². The van der Waals surface area contributed by atoms with Crippen LogP contribution in [0.25, 0.3) is 10.9 Å². The highest BCUT2D eigenvalue weighted by atomic mass is 32.2. The van der Waals surface area contributed by atoms with Crippen LogP contribution in [0.5, 0.6) is 5.88 Å². The molecule has 0 aliphatic carbocycles. The summed E-state index contributed by atoms with van der Waals surface area (Å²) in [5.41, 5.74) is 2.52. The molecule has 8 nitrogen and oxygen atoms in total. The Bertz CT molecular complexity index is 1660. The normalized spacial score (nSPS) is 11.8. The van der Waals surface area contributed by atoms with Crippen LogP contribution in [-0.4, -0.2) is 24.0 Å². The van der Waals surface area contributed by atoms with Crippen molar-refractivity contribution in [2.45, 2.75) is 10.8 Å². The van der Waals surface area contributed by atoms with E-state index in [0.29, 0.717) is 17.6 Å². The van der Waals surface area contributed by atoms with Crippen LogP contribution in [0.3, 0.4) is 0 Å². The lowest BCUT2D eigenvalue weighted by atomic mass is 10.2. The first kappa shape index (κ1) is 23.5. The number of anilines is 1. The number of aromatic nitrogens is 1. The largest absolute Gasteiger partial charge is 0.493 e. The monoisotopic (exact) mass is 516 g/mol. The van der Waals surface area contributed by atoms with E-state index in [-0.39, 0.29) is 21.3 Å². The van der Waals surface area contributed by atoms with Gasteiger partial charge < -0.3 is 9.67 Å². The molecule has 0 saturated heterocycles. The minimum Gasteiger partial charge on any atom is -0.493 e. The standard InChI is InChI=1S/C26H20N4O4S2/c31-25(19-12-14-20(15-13-19)29-36(33,34)23-11-6-16-35-23)28-27-24-21-9-4-5-10-22(21)30(26(24)32)17-18-7-2-1-3-8-18/h1-16,29,32H,17H2. The highest BCUT2D eigenvalue weighted by molar-refractivity contribution is 7.94. The highest BCUT2D eigenvalue weighted by Gasteiger charge is 2.18. The van der Waals surface area contributed by atoms with Crippen LogP contribution in [0.2, 0.25) is 0 Å². The molecule has 0 atom stereocenters. The summed E-state index contributed by atoms with van der Waals surface area (Å²) < 4.78 is 29.1. The topological polar surface area (TPSA) is 113 Å². The summed E-state index contributed by atoms with van der Waals surface area (Å²) in [6.45, 7) is 0.430. The molecule has 0 aliphatic heterocycles. The molecule has 2 aromatic heterocycles. The summed E-state index contributed by atoms with van der Waals surface area (Å²) in [6, 6.07) is 26.1. The molecule has 5 rings (SSSR count). The number of aromatic hydroxyl groups is 1. The van der Waals surface area contributed by atoms with Gasteiger partial charge in [-0.1, -0.05) is 54.6 Å². The first-order valence-corrected chi connectivity index (χ1v) is 13.3. The van der Waals surface area contributed by atoms with E-state index in [0.717, 1.165) is 22.4 Å². The van der Waals surface area contributed by atoms with Crippen molar-refractivity contribution in [1.29, 1.82) is 0 Å². The molecule has 0 saturated carbocycles. The number of carbonyl (C=O) groups is 1. The number of nitrogens with one attached hydrogen (secondary N) is 1. The average molecular weight is 517 g/mol. The lowest BCUT2D eigenvalue weighted by Crippen LogP contribution is -2.11. The molecule has 0 spiro atoms. The van der Waals surface area contributed by atoms with Crippen molar-refractivity contribution < 1.29 is 18.3 Å². The number of benzene rings is 3. The Hall–Kier alpha value is -4.28. The molecule has 0 bridgehead atoms. The van der Waals surface area contributed by atoms with E-state index < -0.39 is 15.9 Å². The third-order valence-corrected chi connectivity index (χ3v) is 8.26. The Morgan fingerprint density at radius 2 is 1.64 bits per heavy atom. The second-order valence-corrected chi connectivity index (χ2v) is 10.7. The van der Waals surface area contributed by atoms with Crippen molar-refractivity contribution in [3.05, 3.63) is 108 Å². The third-order valence-electron chi connectivity index (χ3n) is 5.49. The van der Waals surface area contributed by atoms with E-state index in [1.54, 1.807) is 16.0 Å². The predicted octanol–water partition coefficient (Wildman–Crippen LogP) is 6.18. The first-order valence-electron chi connectivity index (χ1n) is 10.9. The Kier molecular flexibility index (Phi) is 6.36. The lowest BCUT2D eigenvalue weighted by molar-refractivity contribution is 0.0995. The van der Waals surface area contributed by atoms with Gasteiger partial charge in [0.05, 0.1) is 12.1 Å². The Labute approximate surface area is 211 Å². The summed E-state index contributed by atoms with van der Waals surface area (Å²) in [5.74, 6) is -0.711. The number of rotatable bonds is 7. The molecule has 5 aromatic rings. The van der Waals surface area contributed by atoms with Gasteiger partial charge in [-0.05, 0) is 47.3 Å². The number of thiophene rings is 1. The van der Waals surface area contributed by atoms with Gasteiger partial charge in [0.15, 0.2) is 5.69 Å². The molecular weight excluding hydrogens is 496 g/mol. The van der Waals surface area contributed by atoms with Crippen LogP contribution < -0.4 is 4.72 Å². The Balaban J connectivity index is 1.37. The molecule has 10 heteroatoms. The van der Waals surface area contributed by atoms with Crippen LogP contribution in [0.4, 0.5) is 11.4 Å². The number of para-hydroxylation sites is 1. The number of nitrogens with zero attached hydrogens (tertiary/aromatic N) is 3.